The van der Waals surface area contributed by atoms with Gasteiger partial charge in [0.15, 0.2) is 0 Å². The number of hydrogen-bond donors (Lipinski definition) is 2. The van der Waals surface area contributed by atoms with Gasteiger partial charge in [0.05, 0.1) is 23.9 Å². The van der Waals surface area contributed by atoms with Crippen molar-refractivity contribution in [2.75, 3.05) is 44.2 Å². The van der Waals surface area contributed by atoms with Crippen LogP contribution in [0.5, 0.6) is 0 Å². The van der Waals surface area contributed by atoms with Crippen LogP contribution in [-0.2, 0) is 13.0 Å². The second-order valence-corrected chi connectivity index (χ2v) is 12.0. The molecular weight excluding hydrogens is 495 g/mol. The molecule has 1 aliphatic carbocycles. The van der Waals surface area contributed by atoms with Crippen LogP contribution in [0.4, 0.5) is 10.1 Å². The minimum atomic E-state index is -1.37. The fourth-order valence-electron chi connectivity index (χ4n) is 6.84. The van der Waals surface area contributed by atoms with E-state index < -0.39 is 11.8 Å². The lowest BCUT2D eigenvalue weighted by Gasteiger charge is -2.42. The highest BCUT2D eigenvalue weighted by molar-refractivity contribution is 6.03. The maximum atomic E-state index is 15.4. The standard InChI is InChI=1S/C31H39FN4O3/c1-3-34-14-15-35(19-27(37)25-16-21-6-4-5-7-23(21)18-33-25)29(39)24-9-8-22(17-26(24)34)28(38)36-13-12-31(10-11-31)30(2,32)20-36/h4-9,17,25,27,33,37H,3,10-16,18-20H2,1-2H3/t25-,27+,30?/m0/s1. The van der Waals surface area contributed by atoms with Gasteiger partial charge in [0.2, 0.25) is 0 Å². The molecule has 2 amide bonds. The summed E-state index contributed by atoms with van der Waals surface area (Å²) in [5.74, 6) is -0.318. The van der Waals surface area contributed by atoms with Crippen LogP contribution < -0.4 is 10.2 Å². The molecule has 0 radical (unpaired) electrons. The molecular formula is C31H39FN4O3. The molecule has 39 heavy (non-hydrogen) atoms. The third kappa shape index (κ3) is 4.72. The van der Waals surface area contributed by atoms with E-state index in [2.05, 4.69) is 22.3 Å². The first-order valence-electron chi connectivity index (χ1n) is 14.4. The third-order valence-electron chi connectivity index (χ3n) is 9.70. The second kappa shape index (κ2) is 9.89. The number of nitrogens with one attached hydrogen (secondary N) is 1. The van der Waals surface area contributed by atoms with Crippen LogP contribution in [0, 0.1) is 5.41 Å². The summed E-state index contributed by atoms with van der Waals surface area (Å²) in [6, 6.07) is 13.3. The zero-order valence-corrected chi connectivity index (χ0v) is 23.0. The van der Waals surface area contributed by atoms with Crippen molar-refractivity contribution in [1.82, 2.24) is 15.1 Å². The Morgan fingerprint density at radius 1 is 1.10 bits per heavy atom. The number of likely N-dealkylation sites (tertiary alicyclic amines) is 1. The average Bonchev–Trinajstić information content (AvgIpc) is 3.75. The van der Waals surface area contributed by atoms with E-state index in [0.29, 0.717) is 50.3 Å². The Bertz CT molecular complexity index is 1280. The van der Waals surface area contributed by atoms with Crippen molar-refractivity contribution in [3.8, 4) is 0 Å². The summed E-state index contributed by atoms with van der Waals surface area (Å²) < 4.78 is 15.4. The number of likely N-dealkylation sites (N-methyl/N-ethyl adjacent to an activating group) is 1. The summed E-state index contributed by atoms with van der Waals surface area (Å²) in [7, 11) is 0. The van der Waals surface area contributed by atoms with Gasteiger partial charge in [0.25, 0.3) is 11.8 Å². The Kier molecular flexibility index (Phi) is 6.66. The Morgan fingerprint density at radius 3 is 2.56 bits per heavy atom. The normalized spacial score (nSPS) is 26.6. The molecule has 1 unspecified atom stereocenters. The Balaban J connectivity index is 1.18. The van der Waals surface area contributed by atoms with Crippen LogP contribution in [0.2, 0.25) is 0 Å². The number of halogens is 1. The van der Waals surface area contributed by atoms with Crippen molar-refractivity contribution in [2.45, 2.75) is 63.9 Å². The van der Waals surface area contributed by atoms with Gasteiger partial charge >= 0.3 is 0 Å². The van der Waals surface area contributed by atoms with Gasteiger partial charge in [0.1, 0.15) is 5.67 Å². The van der Waals surface area contributed by atoms with Gasteiger partial charge in [-0.3, -0.25) is 9.59 Å². The first kappa shape index (κ1) is 26.3. The van der Waals surface area contributed by atoms with Gasteiger partial charge in [-0.2, -0.15) is 0 Å². The molecule has 8 heteroatoms. The summed E-state index contributed by atoms with van der Waals surface area (Å²) in [4.78, 5) is 32.6. The monoisotopic (exact) mass is 534 g/mol. The van der Waals surface area contributed by atoms with Crippen LogP contribution in [0.3, 0.4) is 0 Å². The van der Waals surface area contributed by atoms with Crippen molar-refractivity contribution in [1.29, 1.82) is 0 Å². The molecule has 1 saturated heterocycles. The largest absolute Gasteiger partial charge is 0.390 e. The Morgan fingerprint density at radius 2 is 1.85 bits per heavy atom. The molecule has 4 aliphatic rings. The van der Waals surface area contributed by atoms with Gasteiger partial charge in [-0.1, -0.05) is 24.3 Å². The van der Waals surface area contributed by atoms with Crippen LogP contribution in [0.25, 0.3) is 0 Å². The minimum Gasteiger partial charge on any atom is -0.390 e. The van der Waals surface area contributed by atoms with Crippen LogP contribution in [0.1, 0.15) is 65.0 Å². The molecule has 2 aromatic rings. The van der Waals surface area contributed by atoms with Crippen molar-refractivity contribution in [2.24, 2.45) is 5.41 Å². The number of benzene rings is 2. The van der Waals surface area contributed by atoms with Crippen LogP contribution >= 0.6 is 0 Å². The fraction of sp³-hybridized carbons (Fsp3) is 0.548. The van der Waals surface area contributed by atoms with E-state index >= 15 is 4.39 Å². The lowest BCUT2D eigenvalue weighted by atomic mass is 9.80. The van der Waals surface area contributed by atoms with Gasteiger partial charge in [-0.25, -0.2) is 4.39 Å². The predicted molar refractivity (Wildman–Crippen MR) is 149 cm³/mol. The molecule has 1 saturated carbocycles. The van der Waals surface area contributed by atoms with Gasteiger partial charge < -0.3 is 25.1 Å². The third-order valence-corrected chi connectivity index (χ3v) is 9.70. The van der Waals surface area contributed by atoms with Crippen molar-refractivity contribution >= 4 is 17.5 Å². The molecule has 1 spiro atoms. The average molecular weight is 535 g/mol. The molecule has 3 aliphatic heterocycles. The number of carbonyl (C=O) groups excluding carboxylic acids is 2. The number of nitrogens with zero attached hydrogens (tertiary/aromatic N) is 3. The molecule has 3 atom stereocenters. The number of rotatable bonds is 5. The molecule has 0 bridgehead atoms. The molecule has 6 rings (SSSR count). The van der Waals surface area contributed by atoms with Crippen molar-refractivity contribution in [3.05, 3.63) is 64.7 Å². The summed E-state index contributed by atoms with van der Waals surface area (Å²) in [6.45, 7) is 7.07. The van der Waals surface area contributed by atoms with E-state index in [1.54, 1.807) is 34.9 Å². The summed E-state index contributed by atoms with van der Waals surface area (Å²) in [6.07, 6.45) is 2.53. The lowest BCUT2D eigenvalue weighted by Crippen LogP contribution is -2.52. The van der Waals surface area contributed by atoms with Crippen LogP contribution in [0.15, 0.2) is 42.5 Å². The van der Waals surface area contributed by atoms with Gasteiger partial charge in [-0.15, -0.1) is 0 Å². The number of β-amino-alcohol motifs (C(OH)–C–C–N with tert-alkyl or cyclic N) is 1. The highest BCUT2D eigenvalue weighted by Crippen LogP contribution is 2.60. The second-order valence-electron chi connectivity index (χ2n) is 12.0. The number of carbonyl (C=O) groups is 2. The Hall–Kier alpha value is -2.97. The van der Waals surface area contributed by atoms with Crippen LogP contribution in [-0.4, -0.2) is 83.8 Å². The van der Waals surface area contributed by atoms with Gasteiger partial charge in [0, 0.05) is 56.3 Å². The first-order chi connectivity index (χ1) is 18.7. The van der Waals surface area contributed by atoms with E-state index in [1.165, 1.54) is 11.1 Å². The SMILES string of the molecule is CCN1CCN(C[C@@H](O)[C@@H]2Cc3ccccc3CN2)C(=O)c2ccc(C(=O)N3CCC4(CC4)C(C)(F)C3)cc21. The number of alkyl halides is 1. The number of anilines is 1. The molecule has 3 heterocycles. The highest BCUT2D eigenvalue weighted by Gasteiger charge is 2.60. The molecule has 208 valence electrons. The summed E-state index contributed by atoms with van der Waals surface area (Å²) in [5, 5.41) is 14.6. The highest BCUT2D eigenvalue weighted by atomic mass is 19.1. The fourth-order valence-corrected chi connectivity index (χ4v) is 6.84. The quantitative estimate of drug-likeness (QED) is 0.615. The maximum absolute atomic E-state index is 15.4. The lowest BCUT2D eigenvalue weighted by molar-refractivity contribution is -0.00505. The summed E-state index contributed by atoms with van der Waals surface area (Å²) >= 11 is 0. The molecule has 7 nitrogen and oxygen atoms in total. The van der Waals surface area contributed by atoms with Crippen molar-refractivity contribution in [3.63, 3.8) is 0 Å². The summed E-state index contributed by atoms with van der Waals surface area (Å²) in [5.41, 5.74) is 2.62. The minimum absolute atomic E-state index is 0.116. The van der Waals surface area contributed by atoms with Crippen molar-refractivity contribution < 1.29 is 19.1 Å². The molecule has 2 N–H and O–H groups in total. The van der Waals surface area contributed by atoms with E-state index in [-0.39, 0.29) is 36.4 Å². The molecule has 2 aromatic carbocycles. The zero-order chi connectivity index (χ0) is 27.4. The van der Waals surface area contributed by atoms with E-state index in [9.17, 15) is 14.7 Å². The molecule has 0 aromatic heterocycles. The Labute approximate surface area is 230 Å². The van der Waals surface area contributed by atoms with E-state index in [0.717, 1.165) is 24.9 Å². The molecule has 2 fully saturated rings. The predicted octanol–water partition coefficient (Wildman–Crippen LogP) is 3.40. The van der Waals surface area contributed by atoms with Gasteiger partial charge in [-0.05, 0) is 68.9 Å². The number of aliphatic hydroxyl groups is 1. The maximum Gasteiger partial charge on any atom is 0.256 e. The zero-order valence-electron chi connectivity index (χ0n) is 23.0. The topological polar surface area (TPSA) is 76.1 Å². The number of hydrogen-bond acceptors (Lipinski definition) is 5. The van der Waals surface area contributed by atoms with E-state index in [1.807, 2.05) is 19.1 Å². The van der Waals surface area contributed by atoms with E-state index in [4.69, 9.17) is 0 Å². The number of amides is 2. The number of aliphatic hydroxyl groups excluding tert-OH is 1. The number of fused-ring (bicyclic) bond motifs is 2. The smallest absolute Gasteiger partial charge is 0.256 e. The number of piperidine rings is 1. The first-order valence-corrected chi connectivity index (χ1v) is 14.4.